The lowest BCUT2D eigenvalue weighted by atomic mass is 9.94. The molecule has 0 unspecified atom stereocenters. The van der Waals surface area contributed by atoms with Crippen LogP contribution in [0.4, 0.5) is 5.95 Å². The second-order valence-corrected chi connectivity index (χ2v) is 6.59. The quantitative estimate of drug-likeness (QED) is 0.811. The summed E-state index contributed by atoms with van der Waals surface area (Å²) in [6, 6.07) is 13.9. The molecule has 0 bridgehead atoms. The molecule has 0 spiro atoms. The van der Waals surface area contributed by atoms with Crippen molar-refractivity contribution in [1.82, 2.24) is 14.9 Å². The zero-order chi connectivity index (χ0) is 18.4. The second kappa shape index (κ2) is 8.23. The highest BCUT2D eigenvalue weighted by molar-refractivity contribution is 5.31. The predicted octanol–water partition coefficient (Wildman–Crippen LogP) is 1.41. The monoisotopic (exact) mass is 353 g/mol. The summed E-state index contributed by atoms with van der Waals surface area (Å²) in [5.41, 5.74) is 0.885. The predicted molar refractivity (Wildman–Crippen MR) is 97.3 cm³/mol. The van der Waals surface area contributed by atoms with Gasteiger partial charge in [-0.1, -0.05) is 30.3 Å². The maximum absolute atomic E-state index is 10.2. The molecule has 0 saturated carbocycles. The zero-order valence-corrected chi connectivity index (χ0v) is 14.8. The van der Waals surface area contributed by atoms with Crippen LogP contribution in [-0.4, -0.2) is 57.9 Å². The Morgan fingerprint density at radius 2 is 2.19 bits per heavy atom. The first-order chi connectivity index (χ1) is 12.7. The van der Waals surface area contributed by atoms with E-state index in [0.29, 0.717) is 37.9 Å². The van der Waals surface area contributed by atoms with Crippen LogP contribution in [0.15, 0.2) is 42.6 Å². The van der Waals surface area contributed by atoms with Gasteiger partial charge in [0.05, 0.1) is 25.4 Å². The van der Waals surface area contributed by atoms with Gasteiger partial charge in [-0.15, -0.1) is 0 Å². The molecular weight excluding hydrogens is 330 g/mol. The van der Waals surface area contributed by atoms with Crippen molar-refractivity contribution >= 4 is 5.95 Å². The topological polar surface area (TPSA) is 94.3 Å². The first-order valence-electron chi connectivity index (χ1n) is 8.63. The van der Waals surface area contributed by atoms with Gasteiger partial charge >= 0.3 is 0 Å². The summed E-state index contributed by atoms with van der Waals surface area (Å²) < 4.78 is 5.76. The molecule has 2 N–H and O–H groups in total. The molecule has 0 radical (unpaired) electrons. The van der Waals surface area contributed by atoms with E-state index >= 15 is 0 Å². The molecule has 1 aromatic heterocycles. The van der Waals surface area contributed by atoms with Crippen molar-refractivity contribution < 1.29 is 9.84 Å². The second-order valence-electron chi connectivity index (χ2n) is 6.59. The fourth-order valence-corrected chi connectivity index (χ4v) is 3.26. The summed E-state index contributed by atoms with van der Waals surface area (Å²) in [6.07, 6.45) is 1.54. The van der Waals surface area contributed by atoms with Crippen LogP contribution in [0.5, 0.6) is 0 Å². The molecule has 136 valence electrons. The van der Waals surface area contributed by atoms with E-state index in [2.05, 4.69) is 39.2 Å². The molecule has 26 heavy (non-hydrogen) atoms. The van der Waals surface area contributed by atoms with Gasteiger partial charge in [-0.2, -0.15) is 5.26 Å². The van der Waals surface area contributed by atoms with Crippen molar-refractivity contribution in [3.05, 3.63) is 53.9 Å². The number of aromatic nitrogens is 2. The van der Waals surface area contributed by atoms with Crippen LogP contribution in [0.3, 0.4) is 0 Å². The zero-order valence-electron chi connectivity index (χ0n) is 14.8. The molecule has 2 atom stereocenters. The van der Waals surface area contributed by atoms with Gasteiger partial charge in [-0.25, -0.2) is 9.97 Å². The van der Waals surface area contributed by atoms with Gasteiger partial charge in [0.2, 0.25) is 5.95 Å². The number of nitriles is 1. The minimum Gasteiger partial charge on any atom is -0.394 e. The van der Waals surface area contributed by atoms with Crippen LogP contribution < -0.4 is 5.32 Å². The van der Waals surface area contributed by atoms with E-state index in [0.717, 1.165) is 0 Å². The van der Waals surface area contributed by atoms with Gasteiger partial charge in [-0.05, 0) is 18.6 Å². The molecule has 7 nitrogen and oxygen atoms in total. The van der Waals surface area contributed by atoms with Gasteiger partial charge in [-0.3, -0.25) is 4.90 Å². The fourth-order valence-electron chi connectivity index (χ4n) is 3.26. The SMILES string of the molecule is C[C@@H]1COC[C@@](CO)(CNc2nccc(C#N)n2)N1Cc1ccccc1. The van der Waals surface area contributed by atoms with Crippen LogP contribution in [0.1, 0.15) is 18.2 Å². The number of morpholine rings is 1. The summed E-state index contributed by atoms with van der Waals surface area (Å²) >= 11 is 0. The standard InChI is InChI=1S/C19H23N5O2/c1-15-11-26-14-19(13-25,24(15)10-16-5-3-2-4-6-16)12-22-18-21-8-7-17(9-20)23-18/h2-8,15,25H,10-14H2,1H3,(H,21,22,23)/t15-,19+/m1/s1. The third-order valence-corrected chi connectivity index (χ3v) is 4.71. The molecule has 7 heteroatoms. The number of nitrogens with one attached hydrogen (secondary N) is 1. The Kier molecular flexibility index (Phi) is 5.78. The Morgan fingerprint density at radius 3 is 2.92 bits per heavy atom. The molecular formula is C19H23N5O2. The van der Waals surface area contributed by atoms with Crippen molar-refractivity contribution in [2.24, 2.45) is 0 Å². The number of anilines is 1. The number of hydrogen-bond acceptors (Lipinski definition) is 7. The normalized spacial score (nSPS) is 23.3. The molecule has 1 aliphatic heterocycles. The van der Waals surface area contributed by atoms with Gasteiger partial charge in [0.25, 0.3) is 0 Å². The molecule has 3 rings (SSSR count). The van der Waals surface area contributed by atoms with Crippen molar-refractivity contribution in [1.29, 1.82) is 5.26 Å². The largest absolute Gasteiger partial charge is 0.394 e. The highest BCUT2D eigenvalue weighted by Crippen LogP contribution is 2.27. The van der Waals surface area contributed by atoms with Crippen LogP contribution in [0, 0.1) is 11.3 Å². The minimum atomic E-state index is -0.598. The number of ether oxygens (including phenoxy) is 1. The van der Waals surface area contributed by atoms with E-state index in [1.54, 1.807) is 12.3 Å². The van der Waals surface area contributed by atoms with Crippen molar-refractivity contribution in [3.63, 3.8) is 0 Å². The fraction of sp³-hybridized carbons (Fsp3) is 0.421. The van der Waals surface area contributed by atoms with Crippen LogP contribution in [0.25, 0.3) is 0 Å². The van der Waals surface area contributed by atoms with Gasteiger partial charge in [0.1, 0.15) is 11.8 Å². The number of hydrogen-bond donors (Lipinski definition) is 2. The smallest absolute Gasteiger partial charge is 0.223 e. The number of benzene rings is 1. The Hall–Kier alpha value is -2.53. The van der Waals surface area contributed by atoms with Crippen LogP contribution in [-0.2, 0) is 11.3 Å². The van der Waals surface area contributed by atoms with Crippen LogP contribution in [0.2, 0.25) is 0 Å². The summed E-state index contributed by atoms with van der Waals surface area (Å²) in [6.45, 7) is 4.19. The average Bonchev–Trinajstić information content (AvgIpc) is 2.69. The summed E-state index contributed by atoms with van der Waals surface area (Å²) in [7, 11) is 0. The third-order valence-electron chi connectivity index (χ3n) is 4.71. The molecule has 0 amide bonds. The molecule has 1 fully saturated rings. The lowest BCUT2D eigenvalue weighted by Gasteiger charge is -2.49. The van der Waals surface area contributed by atoms with E-state index in [1.807, 2.05) is 24.3 Å². The summed E-state index contributed by atoms with van der Waals surface area (Å²) in [4.78, 5) is 10.6. The van der Waals surface area contributed by atoms with Gasteiger partial charge < -0.3 is 15.2 Å². The Labute approximate surface area is 153 Å². The van der Waals surface area contributed by atoms with E-state index in [9.17, 15) is 5.11 Å². The number of rotatable bonds is 6. The molecule has 1 aromatic carbocycles. The Balaban J connectivity index is 1.79. The van der Waals surface area contributed by atoms with Gasteiger partial charge in [0.15, 0.2) is 0 Å². The van der Waals surface area contributed by atoms with Crippen molar-refractivity contribution in [2.45, 2.75) is 25.0 Å². The maximum Gasteiger partial charge on any atom is 0.223 e. The lowest BCUT2D eigenvalue weighted by Crippen LogP contribution is -2.65. The number of nitrogens with zero attached hydrogens (tertiary/aromatic N) is 4. The van der Waals surface area contributed by atoms with E-state index in [4.69, 9.17) is 10.00 Å². The first-order valence-corrected chi connectivity index (χ1v) is 8.63. The lowest BCUT2D eigenvalue weighted by molar-refractivity contribution is -0.117. The Morgan fingerprint density at radius 1 is 1.38 bits per heavy atom. The van der Waals surface area contributed by atoms with Crippen molar-refractivity contribution in [3.8, 4) is 6.07 Å². The first kappa shape index (κ1) is 18.3. The molecule has 0 aliphatic carbocycles. The van der Waals surface area contributed by atoms with Crippen molar-refractivity contribution in [2.75, 3.05) is 31.7 Å². The summed E-state index contributed by atoms with van der Waals surface area (Å²) in [5, 5.41) is 22.4. The van der Waals surface area contributed by atoms with Gasteiger partial charge in [0, 0.05) is 25.3 Å². The number of aliphatic hydroxyl groups excluding tert-OH is 1. The molecule has 2 aromatic rings. The van der Waals surface area contributed by atoms with E-state index < -0.39 is 5.54 Å². The number of aliphatic hydroxyl groups is 1. The van der Waals surface area contributed by atoms with E-state index in [-0.39, 0.29) is 12.6 Å². The third kappa shape index (κ3) is 3.99. The molecule has 1 aliphatic rings. The average molecular weight is 353 g/mol. The molecule has 2 heterocycles. The summed E-state index contributed by atoms with van der Waals surface area (Å²) in [5.74, 6) is 0.370. The van der Waals surface area contributed by atoms with Crippen LogP contribution >= 0.6 is 0 Å². The highest BCUT2D eigenvalue weighted by atomic mass is 16.5. The van der Waals surface area contributed by atoms with E-state index in [1.165, 1.54) is 5.56 Å². The molecule has 1 saturated heterocycles. The minimum absolute atomic E-state index is 0.0604. The Bertz CT molecular complexity index is 764. The highest BCUT2D eigenvalue weighted by Gasteiger charge is 2.42. The maximum atomic E-state index is 10.2.